The molecule has 1 aliphatic carbocycles. The van der Waals surface area contributed by atoms with E-state index in [4.69, 9.17) is 9.84 Å². The number of hydrogen-bond acceptors (Lipinski definition) is 3. The van der Waals surface area contributed by atoms with Crippen molar-refractivity contribution >= 4 is 5.97 Å². The smallest absolute Gasteiger partial charge is 0.320 e. The summed E-state index contributed by atoms with van der Waals surface area (Å²) in [7, 11) is 0. The first kappa shape index (κ1) is 13.5. The fraction of sp³-hybridized carbons (Fsp3) is 0.917. The first-order chi connectivity index (χ1) is 7.59. The summed E-state index contributed by atoms with van der Waals surface area (Å²) < 4.78 is 5.42. The Labute approximate surface area is 97.4 Å². The summed E-state index contributed by atoms with van der Waals surface area (Å²) in [6.07, 6.45) is 3.81. The van der Waals surface area contributed by atoms with Gasteiger partial charge in [0.2, 0.25) is 0 Å². The van der Waals surface area contributed by atoms with Crippen LogP contribution in [0.25, 0.3) is 0 Å². The lowest BCUT2D eigenvalue weighted by Crippen LogP contribution is -2.39. The molecule has 4 heteroatoms. The molecule has 0 aliphatic heterocycles. The normalized spacial score (nSPS) is 17.7. The third-order valence-corrected chi connectivity index (χ3v) is 2.70. The van der Waals surface area contributed by atoms with Crippen molar-refractivity contribution < 1.29 is 14.6 Å². The van der Waals surface area contributed by atoms with Crippen LogP contribution in [0.15, 0.2) is 0 Å². The third-order valence-electron chi connectivity index (χ3n) is 2.70. The van der Waals surface area contributed by atoms with E-state index < -0.39 is 12.0 Å². The number of carboxylic acids is 1. The SMILES string of the molecule is CC(C)CCOCCC(NC1CC1)C(=O)O. The van der Waals surface area contributed by atoms with Gasteiger partial charge < -0.3 is 15.2 Å². The fourth-order valence-corrected chi connectivity index (χ4v) is 1.43. The van der Waals surface area contributed by atoms with E-state index in [1.54, 1.807) is 0 Å². The van der Waals surface area contributed by atoms with E-state index in [-0.39, 0.29) is 0 Å². The van der Waals surface area contributed by atoms with Crippen LogP contribution < -0.4 is 5.32 Å². The molecule has 1 fully saturated rings. The van der Waals surface area contributed by atoms with Crippen molar-refractivity contribution in [2.75, 3.05) is 13.2 Å². The topological polar surface area (TPSA) is 58.6 Å². The third kappa shape index (κ3) is 6.08. The lowest BCUT2D eigenvalue weighted by molar-refractivity contribution is -0.140. The predicted molar refractivity (Wildman–Crippen MR) is 62.5 cm³/mol. The largest absolute Gasteiger partial charge is 0.480 e. The van der Waals surface area contributed by atoms with Gasteiger partial charge in [-0.3, -0.25) is 4.79 Å². The summed E-state index contributed by atoms with van der Waals surface area (Å²) in [5, 5.41) is 12.1. The number of nitrogens with one attached hydrogen (secondary N) is 1. The summed E-state index contributed by atoms with van der Waals surface area (Å²) in [6.45, 7) is 5.56. The zero-order valence-corrected chi connectivity index (χ0v) is 10.2. The monoisotopic (exact) mass is 229 g/mol. The van der Waals surface area contributed by atoms with Gasteiger partial charge in [0.15, 0.2) is 0 Å². The molecular formula is C12H23NO3. The van der Waals surface area contributed by atoms with Crippen molar-refractivity contribution in [3.63, 3.8) is 0 Å². The molecule has 1 atom stereocenters. The van der Waals surface area contributed by atoms with E-state index in [1.807, 2.05) is 0 Å². The van der Waals surface area contributed by atoms with Gasteiger partial charge in [0, 0.05) is 19.3 Å². The van der Waals surface area contributed by atoms with Gasteiger partial charge >= 0.3 is 5.97 Å². The number of rotatable bonds is 9. The highest BCUT2D eigenvalue weighted by Crippen LogP contribution is 2.20. The lowest BCUT2D eigenvalue weighted by atomic mass is 10.1. The molecule has 0 bridgehead atoms. The number of hydrogen-bond donors (Lipinski definition) is 2. The molecule has 0 aromatic heterocycles. The fourth-order valence-electron chi connectivity index (χ4n) is 1.43. The molecule has 0 aromatic rings. The maximum absolute atomic E-state index is 10.9. The van der Waals surface area contributed by atoms with Crippen LogP contribution in [-0.4, -0.2) is 36.4 Å². The van der Waals surface area contributed by atoms with Crippen LogP contribution in [0.2, 0.25) is 0 Å². The highest BCUT2D eigenvalue weighted by Gasteiger charge is 2.27. The van der Waals surface area contributed by atoms with E-state index in [0.717, 1.165) is 25.9 Å². The molecule has 0 heterocycles. The molecule has 1 unspecified atom stereocenters. The molecule has 2 N–H and O–H groups in total. The highest BCUT2D eigenvalue weighted by molar-refractivity contribution is 5.73. The van der Waals surface area contributed by atoms with Crippen molar-refractivity contribution in [1.29, 1.82) is 0 Å². The van der Waals surface area contributed by atoms with Gasteiger partial charge in [-0.1, -0.05) is 13.8 Å². The summed E-state index contributed by atoms with van der Waals surface area (Å²) in [4.78, 5) is 10.9. The highest BCUT2D eigenvalue weighted by atomic mass is 16.5. The van der Waals surface area contributed by atoms with Gasteiger partial charge in [0.1, 0.15) is 6.04 Å². The second-order valence-electron chi connectivity index (χ2n) is 4.92. The Balaban J connectivity index is 2.05. The molecule has 0 saturated heterocycles. The van der Waals surface area contributed by atoms with Crippen molar-refractivity contribution in [2.24, 2.45) is 5.92 Å². The first-order valence-electron chi connectivity index (χ1n) is 6.16. The summed E-state index contributed by atoms with van der Waals surface area (Å²) >= 11 is 0. The van der Waals surface area contributed by atoms with Crippen LogP contribution in [0.5, 0.6) is 0 Å². The molecule has 1 aliphatic rings. The summed E-state index contributed by atoms with van der Waals surface area (Å²) in [5.41, 5.74) is 0. The second kappa shape index (κ2) is 6.86. The molecule has 0 amide bonds. The maximum atomic E-state index is 10.9. The van der Waals surface area contributed by atoms with Gasteiger partial charge in [-0.2, -0.15) is 0 Å². The molecule has 0 spiro atoms. The molecular weight excluding hydrogens is 206 g/mol. The van der Waals surface area contributed by atoms with E-state index in [1.165, 1.54) is 0 Å². The zero-order valence-electron chi connectivity index (χ0n) is 10.2. The standard InChI is InChI=1S/C12H23NO3/c1-9(2)5-7-16-8-6-11(12(14)15)13-10-3-4-10/h9-11,13H,3-8H2,1-2H3,(H,14,15). The van der Waals surface area contributed by atoms with Crippen LogP contribution in [0.1, 0.15) is 39.5 Å². The Hall–Kier alpha value is -0.610. The summed E-state index contributed by atoms with van der Waals surface area (Å²) in [6, 6.07) is -0.0108. The van der Waals surface area contributed by atoms with E-state index in [2.05, 4.69) is 19.2 Å². The lowest BCUT2D eigenvalue weighted by Gasteiger charge is -2.14. The predicted octanol–water partition coefficient (Wildman–Crippen LogP) is 1.64. The van der Waals surface area contributed by atoms with Gasteiger partial charge in [0.25, 0.3) is 0 Å². The van der Waals surface area contributed by atoms with Crippen LogP contribution in [-0.2, 0) is 9.53 Å². The number of carboxylic acid groups (broad SMARTS) is 1. The Morgan fingerprint density at radius 2 is 2.00 bits per heavy atom. The van der Waals surface area contributed by atoms with Crippen LogP contribution in [0.4, 0.5) is 0 Å². The Bertz CT molecular complexity index is 214. The number of carbonyl (C=O) groups is 1. The minimum absolute atomic E-state index is 0.428. The summed E-state index contributed by atoms with van der Waals surface area (Å²) in [5.74, 6) is -0.126. The zero-order chi connectivity index (χ0) is 12.0. The molecule has 4 nitrogen and oxygen atoms in total. The number of ether oxygens (including phenoxy) is 1. The average molecular weight is 229 g/mol. The van der Waals surface area contributed by atoms with Crippen LogP contribution >= 0.6 is 0 Å². The van der Waals surface area contributed by atoms with Gasteiger partial charge in [-0.05, 0) is 31.6 Å². The first-order valence-corrected chi connectivity index (χ1v) is 6.16. The Kier molecular flexibility index (Phi) is 5.77. The molecule has 1 saturated carbocycles. The van der Waals surface area contributed by atoms with Crippen molar-refractivity contribution in [2.45, 2.75) is 51.6 Å². The Morgan fingerprint density at radius 1 is 1.38 bits per heavy atom. The van der Waals surface area contributed by atoms with E-state index >= 15 is 0 Å². The molecule has 0 radical (unpaired) electrons. The minimum atomic E-state index is -0.764. The van der Waals surface area contributed by atoms with E-state index in [0.29, 0.717) is 25.0 Å². The van der Waals surface area contributed by atoms with Gasteiger partial charge in [0.05, 0.1) is 0 Å². The van der Waals surface area contributed by atoms with Gasteiger partial charge in [-0.15, -0.1) is 0 Å². The molecule has 0 aromatic carbocycles. The number of aliphatic carboxylic acids is 1. The van der Waals surface area contributed by atoms with Crippen molar-refractivity contribution in [3.05, 3.63) is 0 Å². The Morgan fingerprint density at radius 3 is 2.50 bits per heavy atom. The van der Waals surface area contributed by atoms with Crippen molar-refractivity contribution in [1.82, 2.24) is 5.32 Å². The van der Waals surface area contributed by atoms with E-state index in [9.17, 15) is 4.79 Å². The minimum Gasteiger partial charge on any atom is -0.480 e. The molecule has 16 heavy (non-hydrogen) atoms. The van der Waals surface area contributed by atoms with Gasteiger partial charge in [-0.25, -0.2) is 0 Å². The maximum Gasteiger partial charge on any atom is 0.320 e. The van der Waals surface area contributed by atoms with Crippen LogP contribution in [0.3, 0.4) is 0 Å². The van der Waals surface area contributed by atoms with Crippen LogP contribution in [0, 0.1) is 5.92 Å². The molecule has 1 rings (SSSR count). The molecule has 94 valence electrons. The average Bonchev–Trinajstić information content (AvgIpc) is 2.98. The second-order valence-corrected chi connectivity index (χ2v) is 4.92. The van der Waals surface area contributed by atoms with Crippen molar-refractivity contribution in [3.8, 4) is 0 Å². The quantitative estimate of drug-likeness (QED) is 0.590.